The van der Waals surface area contributed by atoms with Crippen LogP contribution >= 0.6 is 0 Å². The third-order valence-corrected chi connectivity index (χ3v) is 5.94. The Balaban J connectivity index is 2.52. The Bertz CT molecular complexity index is 704. The predicted octanol–water partition coefficient (Wildman–Crippen LogP) is 1.73. The van der Waals surface area contributed by atoms with Crippen LogP contribution in [0.25, 0.3) is 0 Å². The zero-order chi connectivity index (χ0) is 16.0. The minimum Gasteiger partial charge on any atom is -0.273 e. The largest absolute Gasteiger partial charge is 0.273 e. The maximum atomic E-state index is 12.6. The molecule has 6 heteroatoms. The highest BCUT2D eigenvalue weighted by Crippen LogP contribution is 2.34. The molecular weight excluding hydrogens is 290 g/mol. The van der Waals surface area contributed by atoms with Gasteiger partial charge in [-0.15, -0.1) is 0 Å². The van der Waals surface area contributed by atoms with Crippen LogP contribution in [0.4, 0.5) is 0 Å². The van der Waals surface area contributed by atoms with Gasteiger partial charge in [0, 0.05) is 5.56 Å². The van der Waals surface area contributed by atoms with Crippen molar-refractivity contribution in [3.8, 4) is 0 Å². The van der Waals surface area contributed by atoms with Gasteiger partial charge in [-0.25, -0.2) is 8.42 Å². The molecule has 2 amide bonds. The van der Waals surface area contributed by atoms with Crippen LogP contribution in [-0.2, 0) is 20.0 Å². The minimum absolute atomic E-state index is 0.390. The number of hydrogen-bond acceptors (Lipinski definition) is 4. The molecule has 0 atom stereocenters. The standard InChI is InChI=1S/C15H19NO4S/c1-10(2)21(19,20)9-16-13(17)11-7-5-6-8-12(11)15(3,4)14(16)18/h5-8,10H,9H2,1-4H3. The van der Waals surface area contributed by atoms with Crippen LogP contribution in [0.1, 0.15) is 43.6 Å². The van der Waals surface area contributed by atoms with Crippen LogP contribution in [0.15, 0.2) is 24.3 Å². The van der Waals surface area contributed by atoms with Crippen molar-refractivity contribution in [2.75, 3.05) is 5.88 Å². The number of imide groups is 1. The average Bonchev–Trinajstić information content (AvgIpc) is 2.42. The first-order chi connectivity index (χ1) is 9.59. The summed E-state index contributed by atoms with van der Waals surface area (Å²) in [6, 6.07) is 6.83. The number of sulfone groups is 1. The van der Waals surface area contributed by atoms with Crippen LogP contribution in [-0.4, -0.2) is 36.3 Å². The van der Waals surface area contributed by atoms with Crippen LogP contribution < -0.4 is 0 Å². The van der Waals surface area contributed by atoms with Gasteiger partial charge in [-0.3, -0.25) is 14.5 Å². The Morgan fingerprint density at radius 2 is 1.71 bits per heavy atom. The fraction of sp³-hybridized carbons (Fsp3) is 0.467. The van der Waals surface area contributed by atoms with Gasteiger partial charge in [0.2, 0.25) is 5.91 Å². The van der Waals surface area contributed by atoms with Crippen molar-refractivity contribution in [2.45, 2.75) is 38.4 Å². The molecule has 5 nitrogen and oxygen atoms in total. The summed E-state index contributed by atoms with van der Waals surface area (Å²) in [5, 5.41) is -0.640. The molecule has 0 saturated carbocycles. The maximum absolute atomic E-state index is 12.6. The summed E-state index contributed by atoms with van der Waals surface area (Å²) in [7, 11) is -3.53. The molecule has 0 saturated heterocycles. The SMILES string of the molecule is CC(C)S(=O)(=O)CN1C(=O)c2ccccc2C(C)(C)C1=O. The zero-order valence-corrected chi connectivity index (χ0v) is 13.4. The van der Waals surface area contributed by atoms with E-state index in [4.69, 9.17) is 0 Å². The molecule has 1 heterocycles. The van der Waals surface area contributed by atoms with Crippen LogP contribution in [0.2, 0.25) is 0 Å². The number of amides is 2. The average molecular weight is 309 g/mol. The molecule has 21 heavy (non-hydrogen) atoms. The quantitative estimate of drug-likeness (QED) is 0.797. The molecule has 114 valence electrons. The number of benzene rings is 1. The molecule has 0 N–H and O–H groups in total. The molecule has 1 aromatic rings. The lowest BCUT2D eigenvalue weighted by molar-refractivity contribution is -0.133. The molecule has 1 aliphatic heterocycles. The van der Waals surface area contributed by atoms with Crippen molar-refractivity contribution in [3.05, 3.63) is 35.4 Å². The normalized spacial score (nSPS) is 18.0. The monoisotopic (exact) mass is 309 g/mol. The van der Waals surface area contributed by atoms with E-state index in [0.717, 1.165) is 4.90 Å². The number of nitrogens with zero attached hydrogens (tertiary/aromatic N) is 1. The second-order valence-electron chi connectivity index (χ2n) is 6.05. The summed E-state index contributed by atoms with van der Waals surface area (Å²) in [5.74, 6) is -1.59. The van der Waals surface area contributed by atoms with E-state index < -0.39 is 38.2 Å². The summed E-state index contributed by atoms with van der Waals surface area (Å²) in [5.41, 5.74) is 0.107. The van der Waals surface area contributed by atoms with E-state index >= 15 is 0 Å². The minimum atomic E-state index is -3.53. The van der Waals surface area contributed by atoms with Crippen LogP contribution in [0.5, 0.6) is 0 Å². The fourth-order valence-electron chi connectivity index (χ4n) is 2.35. The first-order valence-corrected chi connectivity index (χ1v) is 8.48. The second kappa shape index (κ2) is 4.94. The van der Waals surface area contributed by atoms with E-state index in [0.29, 0.717) is 11.1 Å². The Morgan fingerprint density at radius 1 is 1.14 bits per heavy atom. The van der Waals surface area contributed by atoms with Gasteiger partial charge in [-0.05, 0) is 39.3 Å². The van der Waals surface area contributed by atoms with Gasteiger partial charge in [0.15, 0.2) is 9.84 Å². The molecule has 0 radical (unpaired) electrons. The lowest BCUT2D eigenvalue weighted by Gasteiger charge is -2.37. The Kier molecular flexibility index (Phi) is 3.70. The van der Waals surface area contributed by atoms with E-state index in [1.54, 1.807) is 38.1 Å². The van der Waals surface area contributed by atoms with Crippen molar-refractivity contribution in [1.29, 1.82) is 0 Å². The van der Waals surface area contributed by atoms with E-state index in [9.17, 15) is 18.0 Å². The highest BCUT2D eigenvalue weighted by atomic mass is 32.2. The first-order valence-electron chi connectivity index (χ1n) is 6.76. The molecule has 0 spiro atoms. The summed E-state index contributed by atoms with van der Waals surface area (Å²) in [6.45, 7) is 6.48. The molecular formula is C15H19NO4S. The zero-order valence-electron chi connectivity index (χ0n) is 12.6. The van der Waals surface area contributed by atoms with Crippen molar-refractivity contribution in [3.63, 3.8) is 0 Å². The highest BCUT2D eigenvalue weighted by molar-refractivity contribution is 7.91. The second-order valence-corrected chi connectivity index (χ2v) is 8.58. The van der Waals surface area contributed by atoms with Crippen molar-refractivity contribution in [2.24, 2.45) is 0 Å². The van der Waals surface area contributed by atoms with Gasteiger partial charge in [0.05, 0.1) is 10.7 Å². The Hall–Kier alpha value is -1.69. The Morgan fingerprint density at radius 3 is 2.29 bits per heavy atom. The number of carbonyl (C=O) groups excluding carboxylic acids is 2. The summed E-state index contributed by atoms with van der Waals surface area (Å²) in [6.07, 6.45) is 0. The molecule has 1 aliphatic rings. The predicted molar refractivity (Wildman–Crippen MR) is 79.6 cm³/mol. The third-order valence-electron chi connectivity index (χ3n) is 3.88. The lowest BCUT2D eigenvalue weighted by atomic mass is 9.77. The summed E-state index contributed by atoms with van der Waals surface area (Å²) >= 11 is 0. The van der Waals surface area contributed by atoms with Gasteiger partial charge in [-0.1, -0.05) is 18.2 Å². The molecule has 0 fully saturated rings. The lowest BCUT2D eigenvalue weighted by Crippen LogP contribution is -2.53. The molecule has 0 bridgehead atoms. The van der Waals surface area contributed by atoms with Gasteiger partial charge < -0.3 is 0 Å². The van der Waals surface area contributed by atoms with E-state index in [1.165, 1.54) is 13.8 Å². The van der Waals surface area contributed by atoms with E-state index in [1.807, 2.05) is 0 Å². The fourth-order valence-corrected chi connectivity index (χ4v) is 3.24. The van der Waals surface area contributed by atoms with Gasteiger partial charge in [0.1, 0.15) is 5.88 Å². The van der Waals surface area contributed by atoms with Gasteiger partial charge in [0.25, 0.3) is 5.91 Å². The van der Waals surface area contributed by atoms with Crippen molar-refractivity contribution >= 4 is 21.7 Å². The third kappa shape index (κ3) is 2.48. The van der Waals surface area contributed by atoms with E-state index in [-0.39, 0.29) is 0 Å². The number of hydrogen-bond donors (Lipinski definition) is 0. The summed E-state index contributed by atoms with van der Waals surface area (Å²) in [4.78, 5) is 25.9. The molecule has 0 aliphatic carbocycles. The van der Waals surface area contributed by atoms with Crippen molar-refractivity contribution < 1.29 is 18.0 Å². The molecule has 0 aromatic heterocycles. The van der Waals surface area contributed by atoms with Crippen LogP contribution in [0.3, 0.4) is 0 Å². The van der Waals surface area contributed by atoms with Crippen molar-refractivity contribution in [1.82, 2.24) is 4.90 Å². The maximum Gasteiger partial charge on any atom is 0.261 e. The number of carbonyl (C=O) groups is 2. The topological polar surface area (TPSA) is 71.5 Å². The first kappa shape index (κ1) is 15.7. The number of fused-ring (bicyclic) bond motifs is 1. The number of rotatable bonds is 3. The molecule has 0 unspecified atom stereocenters. The molecule has 2 rings (SSSR count). The van der Waals surface area contributed by atoms with Gasteiger partial charge in [-0.2, -0.15) is 0 Å². The highest BCUT2D eigenvalue weighted by Gasteiger charge is 2.45. The smallest absolute Gasteiger partial charge is 0.261 e. The molecule has 1 aromatic carbocycles. The van der Waals surface area contributed by atoms with E-state index in [2.05, 4.69) is 0 Å². The summed E-state index contributed by atoms with van der Waals surface area (Å²) < 4.78 is 24.1. The van der Waals surface area contributed by atoms with Gasteiger partial charge >= 0.3 is 0 Å². The van der Waals surface area contributed by atoms with Crippen LogP contribution in [0, 0.1) is 0 Å². The Labute approximate surface area is 124 Å².